The Kier molecular flexibility index (Phi) is 2.52. The summed E-state index contributed by atoms with van der Waals surface area (Å²) >= 11 is 0. The largest absolute Gasteiger partial charge is 0.263 e. The molecule has 5 heteroatoms. The summed E-state index contributed by atoms with van der Waals surface area (Å²) < 4.78 is 25.5. The molecule has 82 valence electrons. The van der Waals surface area contributed by atoms with E-state index < -0.39 is 10.0 Å². The van der Waals surface area contributed by atoms with Gasteiger partial charge < -0.3 is 0 Å². The molecule has 0 spiro atoms. The summed E-state index contributed by atoms with van der Waals surface area (Å²) in [5, 5.41) is 0. The van der Waals surface area contributed by atoms with E-state index in [2.05, 4.69) is 4.98 Å². The summed E-state index contributed by atoms with van der Waals surface area (Å²) in [6, 6.07) is 1.77. The van der Waals surface area contributed by atoms with E-state index in [1.54, 1.807) is 12.3 Å². The Bertz CT molecular complexity index is 468. The van der Waals surface area contributed by atoms with Gasteiger partial charge in [-0.05, 0) is 17.5 Å². The first-order valence-corrected chi connectivity index (χ1v) is 6.39. The monoisotopic (exact) mass is 226 g/mol. The van der Waals surface area contributed by atoms with Crippen LogP contribution >= 0.6 is 0 Å². The Hall–Kier alpha value is -0.940. The summed E-state index contributed by atoms with van der Waals surface area (Å²) in [5.41, 5.74) is 0.852. The van der Waals surface area contributed by atoms with E-state index >= 15 is 0 Å². The summed E-state index contributed by atoms with van der Waals surface area (Å²) in [4.78, 5) is 4.23. The molecule has 1 aliphatic heterocycles. The molecule has 1 aromatic heterocycles. The molecule has 0 N–H and O–H groups in total. The van der Waals surface area contributed by atoms with Gasteiger partial charge in [0.1, 0.15) is 4.90 Å². The van der Waals surface area contributed by atoms with Crippen molar-refractivity contribution < 1.29 is 8.42 Å². The number of fused-ring (bicyclic) bond motifs is 1. The lowest BCUT2D eigenvalue weighted by molar-refractivity contribution is 0.376. The highest BCUT2D eigenvalue weighted by atomic mass is 32.2. The van der Waals surface area contributed by atoms with Crippen molar-refractivity contribution in [2.45, 2.75) is 25.3 Å². The standard InChI is InChI=1S/C10H14N2O2S/c1-8(2)6-12-7-9-3-4-11-5-10(9)15(12,13)14/h3-5,8H,6-7H2,1-2H3. The molecule has 2 heterocycles. The average molecular weight is 226 g/mol. The molecule has 0 fully saturated rings. The normalized spacial score (nSPS) is 19.4. The lowest BCUT2D eigenvalue weighted by Crippen LogP contribution is -2.28. The zero-order valence-electron chi connectivity index (χ0n) is 8.84. The first-order valence-electron chi connectivity index (χ1n) is 4.95. The first kappa shape index (κ1) is 10.6. The molecule has 0 amide bonds. The molecule has 0 saturated heterocycles. The smallest absolute Gasteiger partial charge is 0.245 e. The Morgan fingerprint density at radius 2 is 2.27 bits per heavy atom. The van der Waals surface area contributed by atoms with Gasteiger partial charge in [-0.15, -0.1) is 0 Å². The number of rotatable bonds is 2. The number of sulfonamides is 1. The fourth-order valence-corrected chi connectivity index (χ4v) is 3.50. The lowest BCUT2D eigenvalue weighted by Gasteiger charge is -2.16. The third-order valence-corrected chi connectivity index (χ3v) is 4.28. The summed E-state index contributed by atoms with van der Waals surface area (Å²) in [5.74, 6) is 0.335. The molecule has 1 aromatic rings. The van der Waals surface area contributed by atoms with Crippen LogP contribution in [0, 0.1) is 5.92 Å². The van der Waals surface area contributed by atoms with Gasteiger partial charge in [-0.25, -0.2) is 8.42 Å². The third-order valence-electron chi connectivity index (χ3n) is 2.40. The van der Waals surface area contributed by atoms with Crippen LogP contribution in [0.3, 0.4) is 0 Å². The second-order valence-corrected chi connectivity index (χ2v) is 6.08. The van der Waals surface area contributed by atoms with Crippen LogP contribution in [0.5, 0.6) is 0 Å². The van der Waals surface area contributed by atoms with Crippen LogP contribution in [-0.4, -0.2) is 24.3 Å². The first-order chi connectivity index (χ1) is 7.01. The molecular formula is C10H14N2O2S. The maximum Gasteiger partial charge on any atom is 0.245 e. The molecule has 1 aliphatic rings. The number of hydrogen-bond acceptors (Lipinski definition) is 3. The zero-order valence-corrected chi connectivity index (χ0v) is 9.66. The molecule has 4 nitrogen and oxygen atoms in total. The van der Waals surface area contributed by atoms with Crippen LogP contribution in [0.15, 0.2) is 23.4 Å². The number of nitrogens with zero attached hydrogens (tertiary/aromatic N) is 2. The predicted molar refractivity (Wildman–Crippen MR) is 56.7 cm³/mol. The van der Waals surface area contributed by atoms with Crippen LogP contribution in [0.1, 0.15) is 19.4 Å². The van der Waals surface area contributed by atoms with E-state index in [1.165, 1.54) is 10.5 Å². The van der Waals surface area contributed by atoms with Gasteiger partial charge >= 0.3 is 0 Å². The molecule has 0 unspecified atom stereocenters. The highest BCUT2D eigenvalue weighted by Gasteiger charge is 2.34. The van der Waals surface area contributed by atoms with Gasteiger partial charge in [-0.2, -0.15) is 4.31 Å². The fraction of sp³-hybridized carbons (Fsp3) is 0.500. The highest BCUT2D eigenvalue weighted by molar-refractivity contribution is 7.89. The molecule has 0 radical (unpaired) electrons. The lowest BCUT2D eigenvalue weighted by atomic mass is 10.2. The number of aromatic nitrogens is 1. The topological polar surface area (TPSA) is 50.3 Å². The van der Waals surface area contributed by atoms with Crippen LogP contribution in [0.2, 0.25) is 0 Å². The van der Waals surface area contributed by atoms with Crippen LogP contribution in [-0.2, 0) is 16.6 Å². The van der Waals surface area contributed by atoms with E-state index in [0.717, 1.165) is 5.56 Å². The second-order valence-electron chi connectivity index (χ2n) is 4.17. The van der Waals surface area contributed by atoms with Crippen molar-refractivity contribution in [1.82, 2.24) is 9.29 Å². The van der Waals surface area contributed by atoms with Gasteiger partial charge in [-0.3, -0.25) is 4.98 Å². The molecule has 2 rings (SSSR count). The van der Waals surface area contributed by atoms with Gasteiger partial charge in [0.15, 0.2) is 0 Å². The molecular weight excluding hydrogens is 212 g/mol. The van der Waals surface area contributed by atoms with Crippen molar-refractivity contribution in [3.8, 4) is 0 Å². The minimum Gasteiger partial charge on any atom is -0.263 e. The Balaban J connectivity index is 2.39. The Labute approximate surface area is 90.0 Å². The third kappa shape index (κ3) is 1.77. The minimum absolute atomic E-state index is 0.335. The zero-order chi connectivity index (χ0) is 11.1. The molecule has 0 atom stereocenters. The molecule has 0 bridgehead atoms. The van der Waals surface area contributed by atoms with Crippen molar-refractivity contribution in [3.05, 3.63) is 24.0 Å². The number of hydrogen-bond donors (Lipinski definition) is 0. The van der Waals surface area contributed by atoms with Crippen molar-refractivity contribution in [3.63, 3.8) is 0 Å². The van der Waals surface area contributed by atoms with Gasteiger partial charge in [-0.1, -0.05) is 13.8 Å². The minimum atomic E-state index is -3.27. The second kappa shape index (κ2) is 3.57. The molecule has 0 saturated carbocycles. The van der Waals surface area contributed by atoms with Crippen molar-refractivity contribution in [2.24, 2.45) is 5.92 Å². The van der Waals surface area contributed by atoms with Gasteiger partial charge in [0.25, 0.3) is 0 Å². The molecule has 0 aliphatic carbocycles. The quantitative estimate of drug-likeness (QED) is 0.762. The molecule has 15 heavy (non-hydrogen) atoms. The maximum absolute atomic E-state index is 12.0. The van der Waals surface area contributed by atoms with E-state index in [1.807, 2.05) is 13.8 Å². The maximum atomic E-state index is 12.0. The van der Waals surface area contributed by atoms with Crippen molar-refractivity contribution in [1.29, 1.82) is 0 Å². The summed E-state index contributed by atoms with van der Waals surface area (Å²) in [7, 11) is -3.27. The van der Waals surface area contributed by atoms with E-state index in [0.29, 0.717) is 23.9 Å². The average Bonchev–Trinajstić information content (AvgIpc) is 2.39. The van der Waals surface area contributed by atoms with E-state index in [9.17, 15) is 8.42 Å². The highest BCUT2D eigenvalue weighted by Crippen LogP contribution is 2.29. The van der Waals surface area contributed by atoms with Gasteiger partial charge in [0, 0.05) is 25.5 Å². The summed E-state index contributed by atoms with van der Waals surface area (Å²) in [6.45, 7) is 5.07. The Morgan fingerprint density at radius 3 is 2.87 bits per heavy atom. The van der Waals surface area contributed by atoms with Crippen LogP contribution in [0.4, 0.5) is 0 Å². The van der Waals surface area contributed by atoms with Crippen molar-refractivity contribution in [2.75, 3.05) is 6.54 Å². The molecule has 0 aromatic carbocycles. The van der Waals surface area contributed by atoms with E-state index in [-0.39, 0.29) is 0 Å². The predicted octanol–water partition coefficient (Wildman–Crippen LogP) is 1.24. The van der Waals surface area contributed by atoms with Gasteiger partial charge in [0.05, 0.1) is 0 Å². The van der Waals surface area contributed by atoms with E-state index in [4.69, 9.17) is 0 Å². The van der Waals surface area contributed by atoms with Gasteiger partial charge in [0.2, 0.25) is 10.0 Å². The SMILES string of the molecule is CC(C)CN1Cc2ccncc2S1(=O)=O. The fourth-order valence-electron chi connectivity index (χ4n) is 1.76. The van der Waals surface area contributed by atoms with Crippen molar-refractivity contribution >= 4 is 10.0 Å². The number of pyridine rings is 1. The van der Waals surface area contributed by atoms with Crippen LogP contribution < -0.4 is 0 Å². The van der Waals surface area contributed by atoms with Crippen LogP contribution in [0.25, 0.3) is 0 Å². The Morgan fingerprint density at radius 1 is 1.53 bits per heavy atom. The summed E-state index contributed by atoms with van der Waals surface area (Å²) in [6.07, 6.45) is 3.07.